The van der Waals surface area contributed by atoms with E-state index in [4.69, 9.17) is 0 Å². The van der Waals surface area contributed by atoms with Crippen LogP contribution in [0, 0.1) is 0 Å². The molecule has 3 aliphatic rings. The quantitative estimate of drug-likeness (QED) is 0.352. The second kappa shape index (κ2) is 8.39. The second-order valence-corrected chi connectivity index (χ2v) is 10.9. The van der Waals surface area contributed by atoms with Crippen LogP contribution in [0.4, 0.5) is 0 Å². The second-order valence-electron chi connectivity index (χ2n) is 6.57. The Kier molecular flexibility index (Phi) is 7.53. The largest absolute Gasteiger partial charge is 0.253 e. The molecule has 0 fully saturated rings. The van der Waals surface area contributed by atoms with Gasteiger partial charge in [0.05, 0.1) is 5.70 Å². The van der Waals surface area contributed by atoms with Gasteiger partial charge in [0.15, 0.2) is 0 Å². The summed E-state index contributed by atoms with van der Waals surface area (Å²) in [4.78, 5) is 4.67. The van der Waals surface area contributed by atoms with Crippen molar-refractivity contribution in [2.75, 3.05) is 0 Å². The molecule has 0 amide bonds. The van der Waals surface area contributed by atoms with Crippen LogP contribution in [0.15, 0.2) is 81.3 Å². The first-order chi connectivity index (χ1) is 10.6. The van der Waals surface area contributed by atoms with Crippen LogP contribution in [0.5, 0.6) is 0 Å². The van der Waals surface area contributed by atoms with E-state index in [1.807, 2.05) is 0 Å². The first-order valence-corrected chi connectivity index (χ1v) is 11.0. The Morgan fingerprint density at radius 3 is 2.44 bits per heavy atom. The predicted octanol–water partition coefficient (Wildman–Crippen LogP) is 6.17. The number of hydrogen-bond donors (Lipinski definition) is 0. The monoisotopic (exact) mass is 464 g/mol. The van der Waals surface area contributed by atoms with Gasteiger partial charge >= 0.3 is 0 Å². The van der Waals surface area contributed by atoms with Gasteiger partial charge in [-0.1, -0.05) is 32.2 Å². The molecule has 5 heteroatoms. The molecule has 0 bridgehead atoms. The van der Waals surface area contributed by atoms with Gasteiger partial charge in [-0.05, 0) is 22.9 Å². The fourth-order valence-electron chi connectivity index (χ4n) is 3.76. The SMILES string of the molecule is CCC1=NC2=CC=C3C2=C1[Si]3(C)C.Cl.Cl.[Zr].c1ccc2[cH-]ccc2c1. The van der Waals surface area contributed by atoms with Crippen molar-refractivity contribution in [1.82, 2.24) is 0 Å². The van der Waals surface area contributed by atoms with Crippen LogP contribution >= 0.6 is 24.8 Å². The van der Waals surface area contributed by atoms with E-state index in [0.717, 1.165) is 6.42 Å². The normalized spacial score (nSPS) is 17.5. The zero-order chi connectivity index (χ0) is 15.3. The Labute approximate surface area is 182 Å². The van der Waals surface area contributed by atoms with E-state index >= 15 is 0 Å². The molecule has 5 rings (SSSR count). The maximum atomic E-state index is 4.67. The van der Waals surface area contributed by atoms with Gasteiger partial charge in [0.25, 0.3) is 0 Å². The Bertz CT molecular complexity index is 873. The molecule has 2 aliphatic heterocycles. The van der Waals surface area contributed by atoms with Crippen molar-refractivity contribution in [3.63, 3.8) is 0 Å². The maximum absolute atomic E-state index is 4.67. The van der Waals surface area contributed by atoms with Crippen molar-refractivity contribution in [2.24, 2.45) is 4.99 Å². The van der Waals surface area contributed by atoms with Gasteiger partial charge in [-0.15, -0.1) is 54.5 Å². The fourth-order valence-corrected chi connectivity index (χ4v) is 7.06. The molecule has 0 saturated heterocycles. The van der Waals surface area contributed by atoms with Gasteiger partial charge in [0.2, 0.25) is 0 Å². The van der Waals surface area contributed by atoms with Crippen LogP contribution in [-0.4, -0.2) is 13.8 Å². The Morgan fingerprint density at radius 1 is 1.04 bits per heavy atom. The zero-order valence-electron chi connectivity index (χ0n) is 14.7. The van der Waals surface area contributed by atoms with Gasteiger partial charge in [0.1, 0.15) is 8.07 Å². The first-order valence-electron chi connectivity index (χ1n) is 7.99. The van der Waals surface area contributed by atoms with Crippen molar-refractivity contribution in [1.29, 1.82) is 0 Å². The number of fused-ring (bicyclic) bond motifs is 1. The minimum atomic E-state index is -1.19. The molecule has 0 aromatic heterocycles. The smallest absolute Gasteiger partial charge is 0.116 e. The van der Waals surface area contributed by atoms with Crippen molar-refractivity contribution < 1.29 is 26.2 Å². The maximum Gasteiger partial charge on any atom is 0.116 e. The van der Waals surface area contributed by atoms with Crippen molar-refractivity contribution in [3.05, 3.63) is 76.3 Å². The van der Waals surface area contributed by atoms with E-state index in [-0.39, 0.29) is 51.0 Å². The van der Waals surface area contributed by atoms with E-state index in [9.17, 15) is 0 Å². The van der Waals surface area contributed by atoms with E-state index in [2.05, 4.69) is 79.6 Å². The summed E-state index contributed by atoms with van der Waals surface area (Å²) in [7, 11) is -1.19. The number of aliphatic imine (C=N–C) groups is 1. The van der Waals surface area contributed by atoms with Gasteiger partial charge in [-0.3, -0.25) is 4.99 Å². The van der Waals surface area contributed by atoms with Crippen molar-refractivity contribution in [3.8, 4) is 0 Å². The van der Waals surface area contributed by atoms with Crippen LogP contribution in [-0.2, 0) is 26.2 Å². The summed E-state index contributed by atoms with van der Waals surface area (Å²) >= 11 is 0. The third-order valence-corrected chi connectivity index (χ3v) is 8.46. The molecule has 2 aromatic rings. The standard InChI is InChI=1S/C11H13NSi.C9H7.2ClH.Zr/c1-4-7-11-10-8(12-7)5-6-9(10)13(11,2)3;1-2-5-9-7-3-6-8(9)4-1;;;/h5-6H,4H2,1-3H3;1-7H;2*1H;/q;-1;;;. The summed E-state index contributed by atoms with van der Waals surface area (Å²) in [6.45, 7) is 7.08. The molecule has 0 atom stereocenters. The predicted molar refractivity (Wildman–Crippen MR) is 112 cm³/mol. The van der Waals surface area contributed by atoms with E-state index < -0.39 is 8.07 Å². The average Bonchev–Trinajstić information content (AvgIpc) is 3.18. The number of nitrogens with zero attached hydrogens (tertiary/aromatic N) is 1. The molecule has 1 aliphatic carbocycles. The van der Waals surface area contributed by atoms with Crippen LogP contribution in [0.1, 0.15) is 13.3 Å². The minimum Gasteiger partial charge on any atom is -0.253 e. The molecule has 1 nitrogen and oxygen atoms in total. The van der Waals surface area contributed by atoms with Crippen LogP contribution in [0.3, 0.4) is 0 Å². The number of benzene rings is 1. The molecule has 0 unspecified atom stereocenters. The summed E-state index contributed by atoms with van der Waals surface area (Å²) in [6, 6.07) is 14.7. The summed E-state index contributed by atoms with van der Waals surface area (Å²) < 4.78 is 0. The summed E-state index contributed by atoms with van der Waals surface area (Å²) in [5.41, 5.74) is 4.12. The van der Waals surface area contributed by atoms with Crippen LogP contribution in [0.25, 0.3) is 10.8 Å². The summed E-state index contributed by atoms with van der Waals surface area (Å²) in [5.74, 6) is 0. The topological polar surface area (TPSA) is 12.4 Å². The van der Waals surface area contributed by atoms with Crippen molar-refractivity contribution >= 4 is 49.4 Å². The van der Waals surface area contributed by atoms with E-state index in [1.54, 1.807) is 10.4 Å². The minimum absolute atomic E-state index is 0. The Hall–Kier alpha value is -0.600. The van der Waals surface area contributed by atoms with Gasteiger partial charge < -0.3 is 0 Å². The molecule has 2 heterocycles. The molecule has 0 saturated carbocycles. The fraction of sp³-hybridized carbons (Fsp3) is 0.200. The van der Waals surface area contributed by atoms with Gasteiger partial charge in [-0.25, -0.2) is 0 Å². The van der Waals surface area contributed by atoms with Crippen LogP contribution < -0.4 is 0 Å². The molecule has 0 spiro atoms. The van der Waals surface area contributed by atoms with Gasteiger partial charge in [-0.2, -0.15) is 17.5 Å². The molecule has 130 valence electrons. The molecule has 2 aromatic carbocycles. The third kappa shape index (κ3) is 3.49. The van der Waals surface area contributed by atoms with Crippen LogP contribution in [0.2, 0.25) is 13.1 Å². The van der Waals surface area contributed by atoms with Crippen molar-refractivity contribution in [2.45, 2.75) is 26.4 Å². The van der Waals surface area contributed by atoms with E-state index in [1.165, 1.54) is 27.8 Å². The zero-order valence-corrected chi connectivity index (χ0v) is 19.8. The molecule has 25 heavy (non-hydrogen) atoms. The number of rotatable bonds is 1. The summed E-state index contributed by atoms with van der Waals surface area (Å²) in [6.07, 6.45) is 5.57. The average molecular weight is 467 g/mol. The Balaban J connectivity index is 0.000000234. The molecule has 0 N–H and O–H groups in total. The third-order valence-electron chi connectivity index (χ3n) is 4.91. The molecule has 0 radical (unpaired) electrons. The Morgan fingerprint density at radius 2 is 1.76 bits per heavy atom. The van der Waals surface area contributed by atoms with E-state index in [0.29, 0.717) is 0 Å². The summed E-state index contributed by atoms with van der Waals surface area (Å²) in [5, 5.41) is 5.93. The molecular weight excluding hydrogens is 444 g/mol. The molecular formula is C20H22Cl2NSiZr-. The van der Waals surface area contributed by atoms with Gasteiger partial charge in [0, 0.05) is 37.5 Å². The number of allylic oxidation sites excluding steroid dienone is 4. The number of halogens is 2. The first kappa shape index (κ1) is 22.4. The number of hydrogen-bond acceptors (Lipinski definition) is 1.